The van der Waals surface area contributed by atoms with Crippen molar-refractivity contribution in [1.29, 1.82) is 0 Å². The van der Waals surface area contributed by atoms with Crippen LogP contribution in [0.4, 0.5) is 11.4 Å². The SMILES string of the molecule is CCCNC(=O)[C@H](C)N(CCc1ccccc1)C(=O)CN(c1cc([N+](=O)[O-])ccc1OC)S(C)(=O)=O. The normalized spacial score (nSPS) is 11.9. The summed E-state index contributed by atoms with van der Waals surface area (Å²) in [5.74, 6) is -0.954. The van der Waals surface area contributed by atoms with Crippen LogP contribution in [-0.4, -0.2) is 69.1 Å². The number of nitrogens with one attached hydrogen (secondary N) is 1. The predicted octanol–water partition coefficient (Wildman–Crippen LogP) is 2.36. The number of nitro groups is 1. The van der Waals surface area contributed by atoms with Crippen molar-refractivity contribution in [2.24, 2.45) is 0 Å². The Kier molecular flexibility index (Phi) is 10.2. The molecule has 2 aromatic rings. The Balaban J connectivity index is 2.42. The smallest absolute Gasteiger partial charge is 0.271 e. The van der Waals surface area contributed by atoms with Gasteiger partial charge in [-0.3, -0.25) is 24.0 Å². The number of methoxy groups -OCH3 is 1. The molecule has 0 saturated heterocycles. The quantitative estimate of drug-likeness (QED) is 0.316. The molecule has 36 heavy (non-hydrogen) atoms. The van der Waals surface area contributed by atoms with E-state index >= 15 is 0 Å². The van der Waals surface area contributed by atoms with Crippen LogP contribution in [0.3, 0.4) is 0 Å². The van der Waals surface area contributed by atoms with E-state index in [1.54, 1.807) is 6.92 Å². The third kappa shape index (κ3) is 7.67. The lowest BCUT2D eigenvalue weighted by Crippen LogP contribution is -2.52. The van der Waals surface area contributed by atoms with Crippen LogP contribution in [0.25, 0.3) is 0 Å². The second kappa shape index (κ2) is 12.9. The Morgan fingerprint density at radius 2 is 1.83 bits per heavy atom. The average molecular weight is 521 g/mol. The number of nitrogens with zero attached hydrogens (tertiary/aromatic N) is 3. The molecule has 0 unspecified atom stereocenters. The number of non-ortho nitro benzene ring substituents is 1. The van der Waals surface area contributed by atoms with Gasteiger partial charge in [-0.1, -0.05) is 37.3 Å². The van der Waals surface area contributed by atoms with Crippen LogP contribution in [-0.2, 0) is 26.0 Å². The molecule has 2 amide bonds. The second-order valence-electron chi connectivity index (χ2n) is 8.17. The number of anilines is 1. The summed E-state index contributed by atoms with van der Waals surface area (Å²) in [7, 11) is -2.78. The summed E-state index contributed by atoms with van der Waals surface area (Å²) in [6.07, 6.45) is 2.05. The van der Waals surface area contributed by atoms with Crippen molar-refractivity contribution in [2.45, 2.75) is 32.7 Å². The van der Waals surface area contributed by atoms with Gasteiger partial charge in [0.05, 0.1) is 18.3 Å². The molecular formula is C24H32N4O7S. The van der Waals surface area contributed by atoms with Gasteiger partial charge < -0.3 is 15.0 Å². The van der Waals surface area contributed by atoms with Crippen LogP contribution in [0.5, 0.6) is 5.75 Å². The number of carbonyl (C=O) groups excluding carboxylic acids is 2. The van der Waals surface area contributed by atoms with Gasteiger partial charge in [-0.2, -0.15) is 0 Å². The lowest BCUT2D eigenvalue weighted by Gasteiger charge is -2.31. The molecule has 0 heterocycles. The first-order chi connectivity index (χ1) is 17.0. The van der Waals surface area contributed by atoms with Gasteiger partial charge in [0.2, 0.25) is 21.8 Å². The molecule has 0 saturated carbocycles. The number of nitro benzene ring substituents is 1. The number of hydrogen-bond acceptors (Lipinski definition) is 7. The van der Waals surface area contributed by atoms with Gasteiger partial charge >= 0.3 is 0 Å². The van der Waals surface area contributed by atoms with E-state index in [1.165, 1.54) is 24.1 Å². The summed E-state index contributed by atoms with van der Waals surface area (Å²) in [5.41, 5.74) is 0.436. The summed E-state index contributed by atoms with van der Waals surface area (Å²) in [6, 6.07) is 12.0. The minimum Gasteiger partial charge on any atom is -0.495 e. The fraction of sp³-hybridized carbons (Fsp3) is 0.417. The fourth-order valence-corrected chi connectivity index (χ4v) is 4.39. The topological polar surface area (TPSA) is 139 Å². The number of benzene rings is 2. The summed E-state index contributed by atoms with van der Waals surface area (Å²) >= 11 is 0. The molecule has 0 aliphatic heterocycles. The first kappa shape index (κ1) is 28.6. The molecular weight excluding hydrogens is 488 g/mol. The minimum atomic E-state index is -4.07. The van der Waals surface area contributed by atoms with Gasteiger partial charge in [-0.15, -0.1) is 0 Å². The standard InChI is InChI=1S/C24H32N4O7S/c1-5-14-25-24(30)18(2)26(15-13-19-9-7-6-8-10-19)23(29)17-27(36(4,33)34)21-16-20(28(31)32)11-12-22(21)35-3/h6-12,16,18H,5,13-15,17H2,1-4H3,(H,25,30)/t18-/m0/s1. The molecule has 11 nitrogen and oxygen atoms in total. The third-order valence-corrected chi connectivity index (χ3v) is 6.65. The van der Waals surface area contributed by atoms with E-state index < -0.39 is 33.4 Å². The molecule has 196 valence electrons. The Labute approximate surface area is 211 Å². The van der Waals surface area contributed by atoms with Gasteiger partial charge in [0, 0.05) is 25.2 Å². The first-order valence-corrected chi connectivity index (χ1v) is 13.3. The van der Waals surface area contributed by atoms with E-state index in [-0.39, 0.29) is 29.6 Å². The highest BCUT2D eigenvalue weighted by Crippen LogP contribution is 2.33. The van der Waals surface area contributed by atoms with Gasteiger partial charge in [0.25, 0.3) is 5.69 Å². The molecule has 0 spiro atoms. The third-order valence-electron chi connectivity index (χ3n) is 5.52. The lowest BCUT2D eigenvalue weighted by atomic mass is 10.1. The van der Waals surface area contributed by atoms with Crippen LogP contribution in [0, 0.1) is 10.1 Å². The highest BCUT2D eigenvalue weighted by atomic mass is 32.2. The molecule has 0 aliphatic carbocycles. The highest BCUT2D eigenvalue weighted by Gasteiger charge is 2.31. The van der Waals surface area contributed by atoms with Crippen molar-refractivity contribution in [3.8, 4) is 5.75 Å². The zero-order chi connectivity index (χ0) is 26.9. The van der Waals surface area contributed by atoms with Gasteiger partial charge in [-0.05, 0) is 31.4 Å². The van der Waals surface area contributed by atoms with E-state index in [0.717, 1.165) is 22.2 Å². The first-order valence-electron chi connectivity index (χ1n) is 11.4. The predicted molar refractivity (Wildman–Crippen MR) is 136 cm³/mol. The Morgan fingerprint density at radius 3 is 2.39 bits per heavy atom. The summed E-state index contributed by atoms with van der Waals surface area (Å²) in [5, 5.41) is 14.1. The molecule has 1 atom stereocenters. The van der Waals surface area contributed by atoms with Gasteiger partial charge in [0.1, 0.15) is 24.0 Å². The van der Waals surface area contributed by atoms with Crippen molar-refractivity contribution < 1.29 is 27.7 Å². The maximum atomic E-state index is 13.5. The molecule has 2 rings (SSSR count). The Bertz CT molecular complexity index is 1170. The minimum absolute atomic E-state index is 0.0448. The number of amides is 2. The van der Waals surface area contributed by atoms with E-state index in [0.29, 0.717) is 19.4 Å². The zero-order valence-electron chi connectivity index (χ0n) is 20.8. The van der Waals surface area contributed by atoms with E-state index in [2.05, 4.69) is 5.32 Å². The monoisotopic (exact) mass is 520 g/mol. The van der Waals surface area contributed by atoms with Crippen molar-refractivity contribution >= 4 is 33.2 Å². The molecule has 0 aliphatic rings. The molecule has 0 fully saturated rings. The fourth-order valence-electron chi connectivity index (χ4n) is 3.55. The number of hydrogen-bond donors (Lipinski definition) is 1. The lowest BCUT2D eigenvalue weighted by molar-refractivity contribution is -0.384. The maximum Gasteiger partial charge on any atom is 0.271 e. The number of rotatable bonds is 13. The maximum absolute atomic E-state index is 13.5. The second-order valence-corrected chi connectivity index (χ2v) is 10.1. The molecule has 2 aromatic carbocycles. The average Bonchev–Trinajstić information content (AvgIpc) is 2.85. The Morgan fingerprint density at radius 1 is 1.17 bits per heavy atom. The van der Waals surface area contributed by atoms with Gasteiger partial charge in [0.15, 0.2) is 0 Å². The molecule has 1 N–H and O–H groups in total. The number of carbonyl (C=O) groups is 2. The van der Waals surface area contributed by atoms with Crippen LogP contribution >= 0.6 is 0 Å². The molecule has 0 aromatic heterocycles. The summed E-state index contributed by atoms with van der Waals surface area (Å²) in [4.78, 5) is 38.2. The number of sulfonamides is 1. The van der Waals surface area contributed by atoms with Crippen molar-refractivity contribution in [3.63, 3.8) is 0 Å². The van der Waals surface area contributed by atoms with E-state index in [1.807, 2.05) is 37.3 Å². The largest absolute Gasteiger partial charge is 0.495 e. The Hall–Kier alpha value is -3.67. The van der Waals surface area contributed by atoms with Gasteiger partial charge in [-0.25, -0.2) is 8.42 Å². The molecule has 0 radical (unpaired) electrons. The summed E-state index contributed by atoms with van der Waals surface area (Å²) in [6.45, 7) is 3.40. The zero-order valence-corrected chi connectivity index (χ0v) is 21.7. The molecule has 12 heteroatoms. The van der Waals surface area contributed by atoms with E-state index in [4.69, 9.17) is 4.74 Å². The summed E-state index contributed by atoms with van der Waals surface area (Å²) < 4.78 is 31.4. The molecule has 0 bridgehead atoms. The van der Waals surface area contributed by atoms with E-state index in [9.17, 15) is 28.1 Å². The number of ether oxygens (including phenoxy) is 1. The van der Waals surface area contributed by atoms with Crippen LogP contribution in [0.15, 0.2) is 48.5 Å². The van der Waals surface area contributed by atoms with Crippen LogP contribution in [0.2, 0.25) is 0 Å². The van der Waals surface area contributed by atoms with Crippen molar-refractivity contribution in [1.82, 2.24) is 10.2 Å². The van der Waals surface area contributed by atoms with Crippen molar-refractivity contribution in [2.75, 3.05) is 37.3 Å². The van der Waals surface area contributed by atoms with Crippen LogP contribution < -0.4 is 14.4 Å². The van der Waals surface area contributed by atoms with Crippen molar-refractivity contribution in [3.05, 3.63) is 64.2 Å². The van der Waals surface area contributed by atoms with Crippen LogP contribution in [0.1, 0.15) is 25.8 Å². The highest BCUT2D eigenvalue weighted by molar-refractivity contribution is 7.92.